The summed E-state index contributed by atoms with van der Waals surface area (Å²) in [5, 5.41) is 9.14. The summed E-state index contributed by atoms with van der Waals surface area (Å²) in [6.07, 6.45) is 1.88. The van der Waals surface area contributed by atoms with Crippen molar-refractivity contribution in [2.45, 2.75) is 45.4 Å². The van der Waals surface area contributed by atoms with E-state index in [1.54, 1.807) is 0 Å². The molecule has 272 valence electrons. The predicted octanol–water partition coefficient (Wildman–Crippen LogP) is 15.4. The average Bonchev–Trinajstić information content (AvgIpc) is 3.46. The first-order chi connectivity index (χ1) is 27.6. The van der Waals surface area contributed by atoms with Crippen molar-refractivity contribution in [3.63, 3.8) is 0 Å². The molecule has 1 heteroatoms. The fraction of sp³-hybridized carbons (Fsp3) is 0.125. The van der Waals surface area contributed by atoms with Gasteiger partial charge in [-0.2, -0.15) is 0 Å². The zero-order valence-corrected chi connectivity index (χ0v) is 33.1. The molecule has 1 heterocycles. The quantitative estimate of drug-likeness (QED) is 0.164. The molecule has 0 fully saturated rings. The summed E-state index contributed by atoms with van der Waals surface area (Å²) in [4.78, 5) is 4.73. The molecule has 9 aromatic carbocycles. The van der Waals surface area contributed by atoms with E-state index >= 15 is 0 Å². The third-order valence-electron chi connectivity index (χ3n) is 12.8. The molecule has 1 aliphatic carbocycles. The number of hydrogen-bond acceptors (Lipinski definition) is 1. The molecule has 0 bridgehead atoms. The van der Waals surface area contributed by atoms with Gasteiger partial charge in [0, 0.05) is 22.6 Å². The summed E-state index contributed by atoms with van der Waals surface area (Å²) in [6.45, 7) is 11.7. The fourth-order valence-electron chi connectivity index (χ4n) is 9.67. The summed E-state index contributed by atoms with van der Waals surface area (Å²) in [5.41, 5.74) is 17.6. The highest BCUT2D eigenvalue weighted by Crippen LogP contribution is 2.51. The van der Waals surface area contributed by atoms with Crippen LogP contribution in [0.25, 0.3) is 98.9 Å². The Balaban J connectivity index is 0.954. The first-order valence-corrected chi connectivity index (χ1v) is 20.2. The van der Waals surface area contributed by atoms with Crippen molar-refractivity contribution >= 4 is 43.2 Å². The van der Waals surface area contributed by atoms with E-state index < -0.39 is 0 Å². The Morgan fingerprint density at radius 3 is 1.60 bits per heavy atom. The van der Waals surface area contributed by atoms with Gasteiger partial charge in [-0.15, -0.1) is 0 Å². The van der Waals surface area contributed by atoms with E-state index in [0.29, 0.717) is 0 Å². The summed E-state index contributed by atoms with van der Waals surface area (Å²) in [7, 11) is 0. The number of para-hydroxylation sites is 1. The molecule has 1 aromatic heterocycles. The molecular formula is C56H43N. The third kappa shape index (κ3) is 5.26. The summed E-state index contributed by atoms with van der Waals surface area (Å²) in [5.74, 6) is 0. The molecule has 0 unspecified atom stereocenters. The third-order valence-corrected chi connectivity index (χ3v) is 12.8. The summed E-state index contributed by atoms with van der Waals surface area (Å²) >= 11 is 0. The van der Waals surface area contributed by atoms with Gasteiger partial charge in [-0.1, -0.05) is 168 Å². The van der Waals surface area contributed by atoms with Crippen LogP contribution >= 0.6 is 0 Å². The normalized spacial score (nSPS) is 13.5. The van der Waals surface area contributed by atoms with E-state index in [-0.39, 0.29) is 10.8 Å². The van der Waals surface area contributed by atoms with Gasteiger partial charge in [0.2, 0.25) is 0 Å². The van der Waals surface area contributed by atoms with Crippen molar-refractivity contribution in [3.05, 3.63) is 187 Å². The molecule has 1 aliphatic rings. The lowest BCUT2D eigenvalue weighted by Crippen LogP contribution is -2.15. The molecular weight excluding hydrogens is 687 g/mol. The van der Waals surface area contributed by atoms with Gasteiger partial charge in [-0.3, -0.25) is 4.98 Å². The number of fused-ring (bicyclic) bond motifs is 4. The molecule has 0 saturated carbocycles. The minimum Gasteiger partial charge on any atom is -0.256 e. The highest BCUT2D eigenvalue weighted by molar-refractivity contribution is 6.25. The van der Waals surface area contributed by atoms with Crippen molar-refractivity contribution in [2.24, 2.45) is 0 Å². The molecule has 0 aliphatic heterocycles. The maximum absolute atomic E-state index is 4.73. The Kier molecular flexibility index (Phi) is 7.23. The number of rotatable bonds is 4. The molecule has 0 saturated heterocycles. The number of hydrogen-bond donors (Lipinski definition) is 0. The topological polar surface area (TPSA) is 12.9 Å². The molecule has 0 spiro atoms. The summed E-state index contributed by atoms with van der Waals surface area (Å²) < 4.78 is 0. The second-order valence-corrected chi connectivity index (χ2v) is 17.6. The number of nitrogens with zero attached hydrogens (tertiary/aromatic N) is 1. The zero-order chi connectivity index (χ0) is 38.6. The molecule has 57 heavy (non-hydrogen) atoms. The average molecular weight is 730 g/mol. The maximum Gasteiger partial charge on any atom is 0.0780 e. The van der Waals surface area contributed by atoms with E-state index in [1.807, 2.05) is 12.3 Å². The van der Waals surface area contributed by atoms with Crippen LogP contribution in [0.4, 0.5) is 0 Å². The standard InChI is InChI=1S/C56H43N/c1-55(2,3)44-30-42-18-17-34-19-23-45(49-26-22-43(31-44)52(42)53(34)49)40-13-6-11-36(28-40)38-20-24-47-48-25-21-39(33-51(48)56(4,5)50(47)32-38)37-12-7-14-41(29-37)46-16-8-10-35-15-9-27-57-54(35)46/h6-33H,1-5H3. The lowest BCUT2D eigenvalue weighted by molar-refractivity contribution is 0.591. The van der Waals surface area contributed by atoms with Crippen molar-refractivity contribution in [2.75, 3.05) is 0 Å². The predicted molar refractivity (Wildman–Crippen MR) is 243 cm³/mol. The SMILES string of the molecule is CC(C)(C)c1cc2ccc3ccc(-c4cccc(-c5ccc6c(c5)C(C)(C)c5cc(-c7cccc(-c8cccc9cccnc89)c7)ccc5-6)c4)c4ccc(c1)c2c34. The molecule has 10 aromatic rings. The Hall–Kier alpha value is -6.57. The number of aromatic nitrogens is 1. The lowest BCUT2D eigenvalue weighted by atomic mass is 9.80. The van der Waals surface area contributed by atoms with E-state index in [1.165, 1.54) is 99.1 Å². The van der Waals surface area contributed by atoms with Crippen LogP contribution < -0.4 is 0 Å². The Labute approximate surface area is 334 Å². The fourth-order valence-corrected chi connectivity index (χ4v) is 9.67. The molecule has 1 nitrogen and oxygen atoms in total. The van der Waals surface area contributed by atoms with Crippen LogP contribution in [-0.2, 0) is 10.8 Å². The monoisotopic (exact) mass is 729 g/mol. The van der Waals surface area contributed by atoms with Gasteiger partial charge in [0.05, 0.1) is 5.52 Å². The maximum atomic E-state index is 4.73. The van der Waals surface area contributed by atoms with E-state index in [0.717, 1.165) is 16.5 Å². The minimum atomic E-state index is -0.148. The van der Waals surface area contributed by atoms with E-state index in [2.05, 4.69) is 192 Å². The van der Waals surface area contributed by atoms with Crippen molar-refractivity contribution < 1.29 is 0 Å². The molecule has 0 radical (unpaired) electrons. The van der Waals surface area contributed by atoms with Gasteiger partial charge in [-0.25, -0.2) is 0 Å². The highest BCUT2D eigenvalue weighted by Gasteiger charge is 2.36. The van der Waals surface area contributed by atoms with Crippen LogP contribution in [0.5, 0.6) is 0 Å². The Bertz CT molecular complexity index is 3220. The Morgan fingerprint density at radius 1 is 0.404 bits per heavy atom. The Morgan fingerprint density at radius 2 is 0.930 bits per heavy atom. The van der Waals surface area contributed by atoms with Gasteiger partial charge >= 0.3 is 0 Å². The largest absolute Gasteiger partial charge is 0.256 e. The van der Waals surface area contributed by atoms with Gasteiger partial charge in [0.1, 0.15) is 0 Å². The first kappa shape index (κ1) is 33.7. The zero-order valence-electron chi connectivity index (χ0n) is 33.1. The minimum absolute atomic E-state index is 0.0958. The van der Waals surface area contributed by atoms with Crippen LogP contribution in [0.1, 0.15) is 51.3 Å². The summed E-state index contributed by atoms with van der Waals surface area (Å²) in [6, 6.07) is 61.5. The van der Waals surface area contributed by atoms with Gasteiger partial charge in [0.25, 0.3) is 0 Å². The van der Waals surface area contributed by atoms with Crippen molar-refractivity contribution in [1.29, 1.82) is 0 Å². The van der Waals surface area contributed by atoms with E-state index in [9.17, 15) is 0 Å². The van der Waals surface area contributed by atoms with Crippen molar-refractivity contribution in [3.8, 4) is 55.6 Å². The lowest BCUT2D eigenvalue weighted by Gasteiger charge is -2.23. The van der Waals surface area contributed by atoms with Gasteiger partial charge < -0.3 is 0 Å². The molecule has 0 amide bonds. The molecule has 0 atom stereocenters. The smallest absolute Gasteiger partial charge is 0.0780 e. The second kappa shape index (κ2) is 12.2. The van der Waals surface area contributed by atoms with Gasteiger partial charge in [-0.05, 0) is 135 Å². The second-order valence-electron chi connectivity index (χ2n) is 17.6. The van der Waals surface area contributed by atoms with Gasteiger partial charge in [0.15, 0.2) is 0 Å². The van der Waals surface area contributed by atoms with Crippen LogP contribution in [0.2, 0.25) is 0 Å². The van der Waals surface area contributed by atoms with Crippen LogP contribution in [0.15, 0.2) is 170 Å². The van der Waals surface area contributed by atoms with Crippen LogP contribution in [0.3, 0.4) is 0 Å². The number of pyridine rings is 1. The van der Waals surface area contributed by atoms with E-state index in [4.69, 9.17) is 4.98 Å². The van der Waals surface area contributed by atoms with Crippen LogP contribution in [0, 0.1) is 0 Å². The first-order valence-electron chi connectivity index (χ1n) is 20.2. The van der Waals surface area contributed by atoms with Crippen LogP contribution in [-0.4, -0.2) is 4.98 Å². The van der Waals surface area contributed by atoms with Crippen molar-refractivity contribution in [1.82, 2.24) is 4.98 Å². The number of benzene rings is 9. The molecule has 0 N–H and O–H groups in total. The highest BCUT2D eigenvalue weighted by atomic mass is 14.6. The molecule has 11 rings (SSSR count).